The summed E-state index contributed by atoms with van der Waals surface area (Å²) in [4.78, 5) is 15.9. The van der Waals surface area contributed by atoms with Crippen LogP contribution in [0.2, 0.25) is 10.0 Å². The Bertz CT molecular complexity index is 1320. The third kappa shape index (κ3) is 5.72. The molecule has 4 aromatic rings. The Hall–Kier alpha value is -3.62. The molecular formula is C25H23Cl2N7O. The van der Waals surface area contributed by atoms with Crippen LogP contribution in [0.25, 0.3) is 11.3 Å². The van der Waals surface area contributed by atoms with Crippen molar-refractivity contribution in [1.29, 1.82) is 0 Å². The fraction of sp³-hybridized carbons (Fsp3) is 0.200. The lowest BCUT2D eigenvalue weighted by Crippen LogP contribution is -2.31. The molecule has 0 unspecified atom stereocenters. The molecule has 0 bridgehead atoms. The molecule has 10 heteroatoms. The molecule has 2 N–H and O–H groups in total. The SMILES string of the molecule is Clc1cccc(-c2ccc(C=NNc3nc(Nc4ccccc4)nc(N4CCCCC4)n3)o2)c1Cl. The maximum Gasteiger partial charge on any atom is 0.250 e. The van der Waals surface area contributed by atoms with E-state index in [0.29, 0.717) is 45.0 Å². The molecule has 0 saturated carbocycles. The molecule has 35 heavy (non-hydrogen) atoms. The maximum absolute atomic E-state index is 6.30. The largest absolute Gasteiger partial charge is 0.455 e. The van der Waals surface area contributed by atoms with E-state index in [1.807, 2.05) is 48.5 Å². The minimum atomic E-state index is 0.333. The monoisotopic (exact) mass is 507 g/mol. The molecule has 8 nitrogen and oxygen atoms in total. The number of hydrogen-bond donors (Lipinski definition) is 2. The van der Waals surface area contributed by atoms with Crippen molar-refractivity contribution in [3.05, 3.63) is 76.5 Å². The first-order valence-corrected chi connectivity index (χ1v) is 12.1. The lowest BCUT2D eigenvalue weighted by atomic mass is 10.1. The number of piperidine rings is 1. The van der Waals surface area contributed by atoms with Gasteiger partial charge in [-0.2, -0.15) is 20.1 Å². The van der Waals surface area contributed by atoms with Gasteiger partial charge in [-0.1, -0.05) is 47.5 Å². The van der Waals surface area contributed by atoms with Gasteiger partial charge < -0.3 is 14.6 Å². The summed E-state index contributed by atoms with van der Waals surface area (Å²) in [5.41, 5.74) is 4.51. The van der Waals surface area contributed by atoms with Crippen molar-refractivity contribution in [1.82, 2.24) is 15.0 Å². The Balaban J connectivity index is 1.35. The number of rotatable bonds is 7. The first kappa shape index (κ1) is 23.1. The van der Waals surface area contributed by atoms with E-state index in [4.69, 9.17) is 27.6 Å². The predicted molar refractivity (Wildman–Crippen MR) is 141 cm³/mol. The lowest BCUT2D eigenvalue weighted by Gasteiger charge is -2.26. The molecule has 2 aromatic carbocycles. The number of furan rings is 1. The average Bonchev–Trinajstić information content (AvgIpc) is 3.35. The van der Waals surface area contributed by atoms with Gasteiger partial charge in [0.25, 0.3) is 0 Å². The first-order valence-electron chi connectivity index (χ1n) is 11.3. The molecule has 1 fully saturated rings. The molecule has 0 amide bonds. The van der Waals surface area contributed by atoms with Crippen LogP contribution >= 0.6 is 23.2 Å². The summed E-state index contributed by atoms with van der Waals surface area (Å²) < 4.78 is 5.86. The van der Waals surface area contributed by atoms with Gasteiger partial charge in [-0.25, -0.2) is 5.43 Å². The quantitative estimate of drug-likeness (QED) is 0.214. The fourth-order valence-electron chi connectivity index (χ4n) is 3.77. The van der Waals surface area contributed by atoms with Gasteiger partial charge in [0, 0.05) is 24.3 Å². The summed E-state index contributed by atoms with van der Waals surface area (Å²) in [6.45, 7) is 1.83. The maximum atomic E-state index is 6.30. The van der Waals surface area contributed by atoms with Crippen molar-refractivity contribution in [3.63, 3.8) is 0 Å². The molecule has 5 rings (SSSR count). The summed E-state index contributed by atoms with van der Waals surface area (Å²) in [7, 11) is 0. The van der Waals surface area contributed by atoms with Crippen LogP contribution in [0.4, 0.5) is 23.5 Å². The van der Waals surface area contributed by atoms with Gasteiger partial charge in [-0.3, -0.25) is 0 Å². The number of para-hydroxylation sites is 1. The molecule has 1 aliphatic rings. The van der Waals surface area contributed by atoms with Crippen molar-refractivity contribution in [3.8, 4) is 11.3 Å². The van der Waals surface area contributed by atoms with E-state index in [1.54, 1.807) is 18.3 Å². The van der Waals surface area contributed by atoms with Crippen LogP contribution in [0.1, 0.15) is 25.0 Å². The highest BCUT2D eigenvalue weighted by Gasteiger charge is 2.16. The molecule has 0 atom stereocenters. The number of hydrogen-bond acceptors (Lipinski definition) is 8. The second-order valence-electron chi connectivity index (χ2n) is 7.99. The minimum Gasteiger partial charge on any atom is -0.455 e. The van der Waals surface area contributed by atoms with Crippen LogP contribution in [-0.4, -0.2) is 34.3 Å². The standard InChI is InChI=1S/C25H23Cl2N7O/c26-20-11-7-10-19(22(20)27)21-13-12-18(35-21)16-28-33-24-30-23(29-17-8-3-1-4-9-17)31-25(32-24)34-14-5-2-6-15-34/h1,3-4,7-13,16H,2,5-6,14-15H2,(H2,29,30,31,32,33). The molecule has 1 saturated heterocycles. The highest BCUT2D eigenvalue weighted by atomic mass is 35.5. The number of nitrogens with one attached hydrogen (secondary N) is 2. The van der Waals surface area contributed by atoms with E-state index >= 15 is 0 Å². The molecule has 0 aliphatic carbocycles. The number of benzene rings is 2. The average molecular weight is 508 g/mol. The summed E-state index contributed by atoms with van der Waals surface area (Å²) in [6, 6.07) is 18.8. The fourth-order valence-corrected chi connectivity index (χ4v) is 4.16. The number of hydrazone groups is 1. The van der Waals surface area contributed by atoms with Crippen LogP contribution in [0.3, 0.4) is 0 Å². The van der Waals surface area contributed by atoms with Crippen LogP contribution in [0.15, 0.2) is 70.2 Å². The van der Waals surface area contributed by atoms with Gasteiger partial charge in [0.2, 0.25) is 17.8 Å². The number of halogens is 2. The van der Waals surface area contributed by atoms with Crippen LogP contribution in [0, 0.1) is 0 Å². The molecular weight excluding hydrogens is 485 g/mol. The zero-order valence-electron chi connectivity index (χ0n) is 18.8. The van der Waals surface area contributed by atoms with Crippen molar-refractivity contribution in [2.24, 2.45) is 5.10 Å². The van der Waals surface area contributed by atoms with Crippen molar-refractivity contribution in [2.45, 2.75) is 19.3 Å². The van der Waals surface area contributed by atoms with E-state index in [0.717, 1.165) is 31.6 Å². The zero-order valence-corrected chi connectivity index (χ0v) is 20.3. The molecule has 178 valence electrons. The van der Waals surface area contributed by atoms with Crippen LogP contribution < -0.4 is 15.6 Å². The number of anilines is 4. The molecule has 3 heterocycles. The van der Waals surface area contributed by atoms with Crippen LogP contribution in [0.5, 0.6) is 0 Å². The minimum absolute atomic E-state index is 0.333. The third-order valence-electron chi connectivity index (χ3n) is 5.49. The van der Waals surface area contributed by atoms with E-state index in [2.05, 4.69) is 35.7 Å². The summed E-state index contributed by atoms with van der Waals surface area (Å²) >= 11 is 12.4. The van der Waals surface area contributed by atoms with Gasteiger partial charge in [0.05, 0.1) is 16.3 Å². The van der Waals surface area contributed by atoms with E-state index in [9.17, 15) is 0 Å². The summed E-state index contributed by atoms with van der Waals surface area (Å²) in [6.07, 6.45) is 5.01. The highest BCUT2D eigenvalue weighted by Crippen LogP contribution is 2.34. The van der Waals surface area contributed by atoms with Crippen LogP contribution in [-0.2, 0) is 0 Å². The number of aromatic nitrogens is 3. The van der Waals surface area contributed by atoms with Gasteiger partial charge in [-0.15, -0.1) is 0 Å². The summed E-state index contributed by atoms with van der Waals surface area (Å²) in [5, 5.41) is 8.42. The van der Waals surface area contributed by atoms with Gasteiger partial charge in [0.1, 0.15) is 11.5 Å². The zero-order chi connectivity index (χ0) is 24.0. The molecule has 0 spiro atoms. The molecule has 1 aliphatic heterocycles. The Labute approximate surface area is 213 Å². The summed E-state index contributed by atoms with van der Waals surface area (Å²) in [5.74, 6) is 2.53. The topological polar surface area (TPSA) is 91.5 Å². The number of nitrogens with zero attached hydrogens (tertiary/aromatic N) is 5. The second kappa shape index (κ2) is 10.8. The normalized spacial score (nSPS) is 13.8. The Morgan fingerprint density at radius 1 is 0.857 bits per heavy atom. The highest BCUT2D eigenvalue weighted by molar-refractivity contribution is 6.43. The third-order valence-corrected chi connectivity index (χ3v) is 6.31. The van der Waals surface area contributed by atoms with Gasteiger partial charge in [-0.05, 0) is 55.7 Å². The Kier molecular flexibility index (Phi) is 7.11. The van der Waals surface area contributed by atoms with E-state index in [1.165, 1.54) is 6.42 Å². The van der Waals surface area contributed by atoms with Crippen molar-refractivity contribution >= 4 is 52.9 Å². The lowest BCUT2D eigenvalue weighted by molar-refractivity contribution is 0.568. The van der Waals surface area contributed by atoms with Gasteiger partial charge in [0.15, 0.2) is 0 Å². The Morgan fingerprint density at radius 2 is 1.66 bits per heavy atom. The molecule has 2 aromatic heterocycles. The van der Waals surface area contributed by atoms with Crippen molar-refractivity contribution in [2.75, 3.05) is 28.7 Å². The molecule has 0 radical (unpaired) electrons. The van der Waals surface area contributed by atoms with Gasteiger partial charge >= 0.3 is 0 Å². The van der Waals surface area contributed by atoms with E-state index in [-0.39, 0.29) is 0 Å². The second-order valence-corrected chi connectivity index (χ2v) is 8.78. The van der Waals surface area contributed by atoms with E-state index < -0.39 is 0 Å². The first-order chi connectivity index (χ1) is 17.2. The Morgan fingerprint density at radius 3 is 2.49 bits per heavy atom. The smallest absolute Gasteiger partial charge is 0.250 e. The van der Waals surface area contributed by atoms with Crippen molar-refractivity contribution < 1.29 is 4.42 Å². The predicted octanol–water partition coefficient (Wildman–Crippen LogP) is 6.62.